The third-order valence-corrected chi connectivity index (χ3v) is 5.05. The zero-order valence-corrected chi connectivity index (χ0v) is 15.3. The molecular formula is C19H17N5O2S. The predicted octanol–water partition coefficient (Wildman–Crippen LogP) is 3.03. The van der Waals surface area contributed by atoms with E-state index in [0.29, 0.717) is 37.5 Å². The Hall–Kier alpha value is -3.13. The summed E-state index contributed by atoms with van der Waals surface area (Å²) in [5.41, 5.74) is 1.76. The van der Waals surface area contributed by atoms with E-state index in [1.165, 1.54) is 0 Å². The van der Waals surface area contributed by atoms with Gasteiger partial charge in [0.2, 0.25) is 5.91 Å². The number of carbonyl (C=O) groups excluding carboxylic acids is 1. The first kappa shape index (κ1) is 17.3. The zero-order valence-electron chi connectivity index (χ0n) is 14.5. The van der Waals surface area contributed by atoms with E-state index < -0.39 is 0 Å². The van der Waals surface area contributed by atoms with Gasteiger partial charge in [0.1, 0.15) is 0 Å². The van der Waals surface area contributed by atoms with Crippen LogP contribution in [0.3, 0.4) is 0 Å². The normalized spacial score (nSPS) is 11.0. The minimum absolute atomic E-state index is 0.00904. The van der Waals surface area contributed by atoms with Crippen molar-refractivity contribution in [1.29, 1.82) is 0 Å². The molecule has 4 rings (SSSR count). The molecule has 7 nitrogen and oxygen atoms in total. The first-order valence-electron chi connectivity index (χ1n) is 8.62. The fraction of sp³-hybridized carbons (Fsp3) is 0.211. The molecule has 8 heteroatoms. The number of hydrogen-bond donors (Lipinski definition) is 1. The van der Waals surface area contributed by atoms with Crippen LogP contribution < -0.4 is 5.32 Å². The molecule has 0 aliphatic rings. The molecule has 0 spiro atoms. The van der Waals surface area contributed by atoms with Crippen molar-refractivity contribution < 1.29 is 9.32 Å². The zero-order chi connectivity index (χ0) is 18.5. The summed E-state index contributed by atoms with van der Waals surface area (Å²) >= 11 is 1.63. The largest absolute Gasteiger partial charge is 0.356 e. The summed E-state index contributed by atoms with van der Waals surface area (Å²) in [7, 11) is 0. The Balaban J connectivity index is 1.23. The van der Waals surface area contributed by atoms with E-state index in [1.54, 1.807) is 23.7 Å². The molecule has 4 aromatic rings. The summed E-state index contributed by atoms with van der Waals surface area (Å²) in [6, 6.07) is 11.7. The highest BCUT2D eigenvalue weighted by Crippen LogP contribution is 2.22. The van der Waals surface area contributed by atoms with Gasteiger partial charge in [-0.05, 0) is 24.3 Å². The average molecular weight is 379 g/mol. The lowest BCUT2D eigenvalue weighted by atomic mass is 10.3. The lowest BCUT2D eigenvalue weighted by Gasteiger charge is -2.02. The van der Waals surface area contributed by atoms with E-state index in [2.05, 4.69) is 25.4 Å². The fourth-order valence-corrected chi connectivity index (χ4v) is 3.58. The second kappa shape index (κ2) is 8.05. The number of rotatable bonds is 7. The second-order valence-corrected chi connectivity index (χ2v) is 7.05. The Morgan fingerprint density at radius 1 is 1.11 bits per heavy atom. The minimum Gasteiger partial charge on any atom is -0.356 e. The van der Waals surface area contributed by atoms with Gasteiger partial charge in [-0.15, -0.1) is 11.3 Å². The van der Waals surface area contributed by atoms with Gasteiger partial charge in [0, 0.05) is 38.2 Å². The van der Waals surface area contributed by atoms with Gasteiger partial charge in [-0.2, -0.15) is 4.98 Å². The van der Waals surface area contributed by atoms with E-state index in [4.69, 9.17) is 4.52 Å². The van der Waals surface area contributed by atoms with Gasteiger partial charge in [0.05, 0.1) is 20.8 Å². The number of fused-ring (bicyclic) bond motifs is 1. The molecule has 1 aromatic carbocycles. The highest BCUT2D eigenvalue weighted by molar-refractivity contribution is 7.18. The molecule has 0 aliphatic heterocycles. The molecule has 0 aliphatic carbocycles. The maximum atomic E-state index is 12.0. The molecular weight excluding hydrogens is 362 g/mol. The monoisotopic (exact) mass is 379 g/mol. The van der Waals surface area contributed by atoms with E-state index in [-0.39, 0.29) is 5.91 Å². The van der Waals surface area contributed by atoms with Crippen molar-refractivity contribution in [3.63, 3.8) is 0 Å². The van der Waals surface area contributed by atoms with Crippen LogP contribution in [0.5, 0.6) is 0 Å². The number of nitrogens with zero attached hydrogens (tertiary/aromatic N) is 4. The minimum atomic E-state index is -0.00904. The molecule has 0 saturated carbocycles. The quantitative estimate of drug-likeness (QED) is 0.530. The number of amides is 1. The Morgan fingerprint density at radius 2 is 2.04 bits per heavy atom. The van der Waals surface area contributed by atoms with Crippen LogP contribution in [0, 0.1) is 0 Å². The van der Waals surface area contributed by atoms with E-state index in [1.807, 2.05) is 36.4 Å². The standard InChI is InChI=1S/C19H17N5O2S/c25-17(7-8-18-22-14-5-1-2-6-15(14)27-18)21-11-9-16-23-19(26-24-16)13-4-3-10-20-12-13/h1-6,10,12H,7-9,11H2,(H,21,25). The predicted molar refractivity (Wildman–Crippen MR) is 102 cm³/mol. The number of aromatic nitrogens is 4. The number of nitrogens with one attached hydrogen (secondary N) is 1. The van der Waals surface area contributed by atoms with Crippen molar-refractivity contribution in [2.75, 3.05) is 6.54 Å². The lowest BCUT2D eigenvalue weighted by molar-refractivity contribution is -0.121. The molecule has 0 fully saturated rings. The van der Waals surface area contributed by atoms with Crippen LogP contribution in [0.15, 0.2) is 53.3 Å². The number of pyridine rings is 1. The highest BCUT2D eigenvalue weighted by atomic mass is 32.1. The molecule has 3 heterocycles. The van der Waals surface area contributed by atoms with Gasteiger partial charge in [-0.3, -0.25) is 9.78 Å². The van der Waals surface area contributed by atoms with Gasteiger partial charge >= 0.3 is 0 Å². The molecule has 136 valence electrons. The van der Waals surface area contributed by atoms with Crippen LogP contribution in [-0.4, -0.2) is 32.6 Å². The van der Waals surface area contributed by atoms with Gasteiger partial charge in [0.15, 0.2) is 5.82 Å². The Labute approximate surface area is 159 Å². The third kappa shape index (κ3) is 4.35. The van der Waals surface area contributed by atoms with Crippen LogP contribution in [0.2, 0.25) is 0 Å². The molecule has 0 bridgehead atoms. The first-order chi connectivity index (χ1) is 13.3. The van der Waals surface area contributed by atoms with Gasteiger partial charge < -0.3 is 9.84 Å². The number of benzene rings is 1. The summed E-state index contributed by atoms with van der Waals surface area (Å²) < 4.78 is 6.37. The molecule has 3 aromatic heterocycles. The van der Waals surface area contributed by atoms with E-state index in [0.717, 1.165) is 20.8 Å². The van der Waals surface area contributed by atoms with Crippen molar-refractivity contribution in [1.82, 2.24) is 25.4 Å². The van der Waals surface area contributed by atoms with Crippen molar-refractivity contribution in [2.24, 2.45) is 0 Å². The molecule has 0 unspecified atom stereocenters. The number of aryl methyl sites for hydroxylation is 1. The molecule has 0 radical (unpaired) electrons. The summed E-state index contributed by atoms with van der Waals surface area (Å²) in [5.74, 6) is 0.978. The number of para-hydroxylation sites is 1. The Morgan fingerprint density at radius 3 is 2.89 bits per heavy atom. The lowest BCUT2D eigenvalue weighted by Crippen LogP contribution is -2.26. The van der Waals surface area contributed by atoms with Crippen LogP contribution in [-0.2, 0) is 17.6 Å². The van der Waals surface area contributed by atoms with Crippen LogP contribution in [0.25, 0.3) is 21.7 Å². The molecule has 1 amide bonds. The molecule has 0 atom stereocenters. The summed E-state index contributed by atoms with van der Waals surface area (Å²) in [4.78, 5) is 24.9. The van der Waals surface area contributed by atoms with Crippen LogP contribution >= 0.6 is 11.3 Å². The van der Waals surface area contributed by atoms with Crippen molar-refractivity contribution in [3.05, 3.63) is 59.6 Å². The number of hydrogen-bond acceptors (Lipinski definition) is 7. The van der Waals surface area contributed by atoms with E-state index in [9.17, 15) is 4.79 Å². The van der Waals surface area contributed by atoms with Gasteiger partial charge in [-0.1, -0.05) is 17.3 Å². The third-order valence-electron chi connectivity index (χ3n) is 3.95. The van der Waals surface area contributed by atoms with Gasteiger partial charge in [-0.25, -0.2) is 4.98 Å². The Bertz CT molecular complexity index is 1010. The first-order valence-corrected chi connectivity index (χ1v) is 9.44. The topological polar surface area (TPSA) is 93.8 Å². The maximum absolute atomic E-state index is 12.0. The van der Waals surface area contributed by atoms with Crippen molar-refractivity contribution >= 4 is 27.5 Å². The number of carbonyl (C=O) groups is 1. The maximum Gasteiger partial charge on any atom is 0.259 e. The SMILES string of the molecule is O=C(CCc1nc2ccccc2s1)NCCc1noc(-c2cccnc2)n1. The Kier molecular flexibility index (Phi) is 5.15. The number of thiazole rings is 1. The second-order valence-electron chi connectivity index (χ2n) is 5.93. The summed E-state index contributed by atoms with van der Waals surface area (Å²) in [6.45, 7) is 0.463. The van der Waals surface area contributed by atoms with Crippen molar-refractivity contribution in [2.45, 2.75) is 19.3 Å². The van der Waals surface area contributed by atoms with Gasteiger partial charge in [0.25, 0.3) is 5.89 Å². The highest BCUT2D eigenvalue weighted by Gasteiger charge is 2.10. The van der Waals surface area contributed by atoms with Crippen molar-refractivity contribution in [3.8, 4) is 11.5 Å². The molecule has 1 N–H and O–H groups in total. The van der Waals surface area contributed by atoms with Crippen LogP contribution in [0.4, 0.5) is 0 Å². The molecule has 0 saturated heterocycles. The average Bonchev–Trinajstić information content (AvgIpc) is 3.34. The smallest absolute Gasteiger partial charge is 0.259 e. The fourth-order valence-electron chi connectivity index (χ4n) is 2.61. The van der Waals surface area contributed by atoms with E-state index >= 15 is 0 Å². The molecule has 27 heavy (non-hydrogen) atoms. The van der Waals surface area contributed by atoms with Crippen LogP contribution in [0.1, 0.15) is 17.3 Å². The summed E-state index contributed by atoms with van der Waals surface area (Å²) in [5, 5.41) is 7.80. The summed E-state index contributed by atoms with van der Waals surface area (Å²) in [6.07, 6.45) is 4.91.